The van der Waals surface area contributed by atoms with E-state index in [1.54, 1.807) is 18.2 Å². The molecule has 3 aromatic rings. The van der Waals surface area contributed by atoms with Gasteiger partial charge in [-0.1, -0.05) is 23.7 Å². The number of fused-ring (bicyclic) bond motifs is 1. The average molecular weight is 393 g/mol. The van der Waals surface area contributed by atoms with E-state index in [2.05, 4.69) is 25.0 Å². The molecule has 136 valence electrons. The average Bonchev–Trinajstić information content (AvgIpc) is 2.60. The summed E-state index contributed by atoms with van der Waals surface area (Å²) in [5.74, 6) is 0.291. The fourth-order valence-electron chi connectivity index (χ4n) is 2.50. The predicted octanol–water partition coefficient (Wildman–Crippen LogP) is 2.03. The Hall–Kier alpha value is -2.33. The van der Waals surface area contributed by atoms with E-state index in [0.717, 1.165) is 5.39 Å². The van der Waals surface area contributed by atoms with Crippen LogP contribution in [0.1, 0.15) is 24.2 Å². The van der Waals surface area contributed by atoms with Crippen molar-refractivity contribution in [3.63, 3.8) is 0 Å². The Bertz CT molecular complexity index is 1030. The lowest BCUT2D eigenvalue weighted by Gasteiger charge is -2.15. The number of rotatable bonds is 6. The molecule has 2 aromatic heterocycles. The molecule has 0 saturated carbocycles. The molecule has 0 aliphatic rings. The minimum absolute atomic E-state index is 0.0523. The number of para-hydroxylation sites is 1. The van der Waals surface area contributed by atoms with Gasteiger partial charge in [0, 0.05) is 35.0 Å². The largest absolute Gasteiger partial charge is 0.760 e. The third-order valence-electron chi connectivity index (χ3n) is 3.75. The van der Waals surface area contributed by atoms with E-state index in [1.807, 2.05) is 19.1 Å². The number of halogens is 1. The van der Waals surface area contributed by atoms with Crippen molar-refractivity contribution < 1.29 is 8.76 Å². The van der Waals surface area contributed by atoms with Gasteiger partial charge in [-0.3, -0.25) is 9.00 Å². The molecular weight excluding hydrogens is 378 g/mol. The van der Waals surface area contributed by atoms with Gasteiger partial charge in [0.1, 0.15) is 0 Å². The Morgan fingerprint density at radius 2 is 2.19 bits per heavy atom. The fourth-order valence-corrected chi connectivity index (χ4v) is 3.00. The molecular formula is C16H15ClN5O3S-. The molecule has 0 spiro atoms. The molecule has 26 heavy (non-hydrogen) atoms. The van der Waals surface area contributed by atoms with Gasteiger partial charge in [0.2, 0.25) is 5.95 Å². The lowest BCUT2D eigenvalue weighted by molar-refractivity contribution is 0.522. The monoisotopic (exact) mass is 392 g/mol. The quantitative estimate of drug-likeness (QED) is 0.551. The molecule has 0 saturated heterocycles. The topological polar surface area (TPSA) is 123 Å². The van der Waals surface area contributed by atoms with Crippen molar-refractivity contribution in [2.24, 2.45) is 0 Å². The van der Waals surface area contributed by atoms with Crippen molar-refractivity contribution in [2.75, 3.05) is 5.32 Å². The molecule has 10 heteroatoms. The molecule has 0 bridgehead atoms. The second-order valence-electron chi connectivity index (χ2n) is 5.55. The van der Waals surface area contributed by atoms with Crippen LogP contribution in [0.4, 0.5) is 5.95 Å². The summed E-state index contributed by atoms with van der Waals surface area (Å²) in [6, 6.07) is 8.37. The minimum atomic E-state index is -2.37. The molecule has 8 nitrogen and oxygen atoms in total. The number of aromatic nitrogens is 3. The van der Waals surface area contributed by atoms with Crippen LogP contribution in [0.15, 0.2) is 41.3 Å². The Kier molecular flexibility index (Phi) is 5.62. The molecule has 2 atom stereocenters. The van der Waals surface area contributed by atoms with E-state index in [-0.39, 0.29) is 18.1 Å². The molecule has 0 aliphatic carbocycles. The van der Waals surface area contributed by atoms with Gasteiger partial charge in [0.05, 0.1) is 22.3 Å². The Labute approximate surface area is 156 Å². The highest BCUT2D eigenvalue weighted by Gasteiger charge is 2.13. The number of hydrogen-bond donors (Lipinski definition) is 3. The first-order chi connectivity index (χ1) is 12.4. The van der Waals surface area contributed by atoms with Crippen LogP contribution in [0.25, 0.3) is 10.9 Å². The molecule has 1 unspecified atom stereocenters. The summed E-state index contributed by atoms with van der Waals surface area (Å²) in [6.07, 6.45) is 1.51. The molecule has 0 aliphatic heterocycles. The van der Waals surface area contributed by atoms with Crippen molar-refractivity contribution in [1.29, 1.82) is 0 Å². The maximum atomic E-state index is 12.4. The van der Waals surface area contributed by atoms with Gasteiger partial charge in [0.15, 0.2) is 0 Å². The second kappa shape index (κ2) is 7.92. The number of nitrogens with one attached hydrogen (secondary N) is 3. The highest BCUT2D eigenvalue weighted by molar-refractivity contribution is 7.77. The molecule has 0 amide bonds. The van der Waals surface area contributed by atoms with Crippen LogP contribution in [-0.4, -0.2) is 23.7 Å². The Morgan fingerprint density at radius 1 is 1.38 bits per heavy atom. The van der Waals surface area contributed by atoms with Gasteiger partial charge in [-0.25, -0.2) is 14.7 Å². The number of nitrogens with zero attached hydrogens (tertiary/aromatic N) is 2. The Morgan fingerprint density at radius 3 is 2.96 bits per heavy atom. The number of hydrogen-bond acceptors (Lipinski definition) is 6. The van der Waals surface area contributed by atoms with E-state index >= 15 is 0 Å². The van der Waals surface area contributed by atoms with Crippen LogP contribution in [-0.2, 0) is 17.8 Å². The maximum Gasteiger partial charge on any atom is 0.253 e. The summed E-state index contributed by atoms with van der Waals surface area (Å²) in [5, 5.41) is 4.34. The summed E-state index contributed by atoms with van der Waals surface area (Å²) >= 11 is 3.74. The number of benzene rings is 1. The zero-order valence-corrected chi connectivity index (χ0v) is 15.2. The molecule has 0 radical (unpaired) electrons. The van der Waals surface area contributed by atoms with Crippen LogP contribution in [0.5, 0.6) is 0 Å². The summed E-state index contributed by atoms with van der Waals surface area (Å²) in [7, 11) is 0. The third kappa shape index (κ3) is 4.25. The van der Waals surface area contributed by atoms with E-state index in [9.17, 15) is 13.6 Å². The number of anilines is 1. The van der Waals surface area contributed by atoms with Crippen molar-refractivity contribution >= 4 is 39.7 Å². The summed E-state index contributed by atoms with van der Waals surface area (Å²) in [4.78, 5) is 23.5. The van der Waals surface area contributed by atoms with E-state index in [4.69, 9.17) is 11.6 Å². The van der Waals surface area contributed by atoms with Gasteiger partial charge in [-0.05, 0) is 25.1 Å². The summed E-state index contributed by atoms with van der Waals surface area (Å²) in [5.41, 5.74) is 1.33. The first kappa shape index (κ1) is 18.5. The van der Waals surface area contributed by atoms with Gasteiger partial charge < -0.3 is 14.9 Å². The van der Waals surface area contributed by atoms with Crippen LogP contribution in [0, 0.1) is 0 Å². The molecule has 3 rings (SSSR count). The van der Waals surface area contributed by atoms with Crippen molar-refractivity contribution in [2.45, 2.75) is 19.5 Å². The van der Waals surface area contributed by atoms with Gasteiger partial charge >= 0.3 is 0 Å². The SMILES string of the molecule is C[C@H](Nc1nccc(CNS(=O)[O-])n1)c1cc2cccc(Cl)c2[nH]c1=O. The highest BCUT2D eigenvalue weighted by Crippen LogP contribution is 2.23. The van der Waals surface area contributed by atoms with Gasteiger partial charge in [0.25, 0.3) is 5.56 Å². The highest BCUT2D eigenvalue weighted by atomic mass is 35.5. The molecule has 2 heterocycles. The van der Waals surface area contributed by atoms with Crippen molar-refractivity contribution in [3.05, 3.63) is 63.2 Å². The summed E-state index contributed by atoms with van der Waals surface area (Å²) < 4.78 is 23.4. The lowest BCUT2D eigenvalue weighted by Crippen LogP contribution is -2.21. The number of aromatic amines is 1. The van der Waals surface area contributed by atoms with Crippen LogP contribution in [0.2, 0.25) is 5.02 Å². The van der Waals surface area contributed by atoms with E-state index < -0.39 is 11.3 Å². The lowest BCUT2D eigenvalue weighted by atomic mass is 10.1. The zero-order valence-electron chi connectivity index (χ0n) is 13.7. The third-order valence-corrected chi connectivity index (χ3v) is 4.45. The van der Waals surface area contributed by atoms with Crippen LogP contribution in [0.3, 0.4) is 0 Å². The first-order valence-electron chi connectivity index (χ1n) is 7.66. The standard InChI is InChI=1S/C16H16ClN5O3S/c1-9(20-16-18-6-5-11(21-16)8-19-26(24)25)12-7-10-3-2-4-13(17)14(10)22-15(12)23/h2-7,9,19H,8H2,1H3,(H,22,23)(H,24,25)(H,18,20,21)/p-1/t9-/m0/s1. The molecule has 0 fully saturated rings. The van der Waals surface area contributed by atoms with E-state index in [1.165, 1.54) is 6.20 Å². The van der Waals surface area contributed by atoms with Crippen molar-refractivity contribution in [1.82, 2.24) is 19.7 Å². The van der Waals surface area contributed by atoms with Gasteiger partial charge in [-0.15, -0.1) is 0 Å². The number of pyridine rings is 1. The normalized spacial score (nSPS) is 13.5. The first-order valence-corrected chi connectivity index (χ1v) is 9.12. The van der Waals surface area contributed by atoms with Crippen LogP contribution >= 0.6 is 11.6 Å². The predicted molar refractivity (Wildman–Crippen MR) is 99.4 cm³/mol. The smallest absolute Gasteiger partial charge is 0.253 e. The zero-order chi connectivity index (χ0) is 18.7. The fraction of sp³-hybridized carbons (Fsp3) is 0.188. The second-order valence-corrected chi connectivity index (χ2v) is 6.72. The van der Waals surface area contributed by atoms with Gasteiger partial charge in [-0.2, -0.15) is 0 Å². The molecule has 3 N–H and O–H groups in total. The maximum absolute atomic E-state index is 12.4. The summed E-state index contributed by atoms with van der Waals surface area (Å²) in [6.45, 7) is 1.86. The van der Waals surface area contributed by atoms with Crippen LogP contribution < -0.4 is 15.6 Å². The Balaban J connectivity index is 1.84. The van der Waals surface area contributed by atoms with E-state index in [0.29, 0.717) is 27.7 Å². The number of H-pyrrole nitrogens is 1. The minimum Gasteiger partial charge on any atom is -0.760 e. The molecule has 1 aromatic carbocycles. The van der Waals surface area contributed by atoms with Crippen molar-refractivity contribution in [3.8, 4) is 0 Å².